The molecule has 0 unspecified atom stereocenters. The molecular formula is C46H28O. The molecule has 0 amide bonds. The Kier molecular flexibility index (Phi) is 4.19. The number of benzene rings is 9. The lowest BCUT2D eigenvalue weighted by Gasteiger charge is -2.18. The highest BCUT2D eigenvalue weighted by Crippen LogP contribution is 2.45. The van der Waals surface area contributed by atoms with Crippen LogP contribution in [0.3, 0.4) is 0 Å². The molecule has 0 aliphatic carbocycles. The Morgan fingerprint density at radius 3 is 1.51 bits per heavy atom. The maximum Gasteiger partial charge on any atom is 0.135 e. The van der Waals surface area contributed by atoms with Gasteiger partial charge in [0.2, 0.25) is 0 Å². The van der Waals surface area contributed by atoms with E-state index >= 15 is 0 Å². The van der Waals surface area contributed by atoms with Crippen molar-refractivity contribution in [2.24, 2.45) is 0 Å². The van der Waals surface area contributed by atoms with Gasteiger partial charge in [0.15, 0.2) is 0 Å². The molecule has 0 radical (unpaired) electrons. The summed E-state index contributed by atoms with van der Waals surface area (Å²) in [6.07, 6.45) is 0. The Balaban J connectivity index is 1.33. The van der Waals surface area contributed by atoms with Gasteiger partial charge in [-0.1, -0.05) is 139 Å². The molecule has 0 bridgehead atoms. The van der Waals surface area contributed by atoms with Crippen molar-refractivity contribution in [2.75, 3.05) is 0 Å². The second kappa shape index (κ2) is 10.2. The SMILES string of the molecule is [2H]c1c([2H])c([2H])c2c(-c3ccc4oc5ccccc5c4c3)c3c([2H])c([2H])c([2H])c([2H])c3c(-c3ccc4c(ccc5cc(-c6ccccc6)ccc54)c3)c2c1[2H]. The Morgan fingerprint density at radius 2 is 0.851 bits per heavy atom. The fourth-order valence-corrected chi connectivity index (χ4v) is 7.12. The van der Waals surface area contributed by atoms with Crippen LogP contribution in [-0.2, 0) is 0 Å². The number of para-hydroxylation sites is 1. The first-order valence-corrected chi connectivity index (χ1v) is 15.5. The summed E-state index contributed by atoms with van der Waals surface area (Å²) < 4.78 is 78.6. The number of hydrogen-bond donors (Lipinski definition) is 0. The van der Waals surface area contributed by atoms with E-state index in [9.17, 15) is 5.48 Å². The minimum Gasteiger partial charge on any atom is -0.456 e. The molecule has 0 saturated carbocycles. The van der Waals surface area contributed by atoms with Gasteiger partial charge in [0.25, 0.3) is 0 Å². The summed E-state index contributed by atoms with van der Waals surface area (Å²) in [6.45, 7) is 0. The van der Waals surface area contributed by atoms with Crippen molar-refractivity contribution in [1.82, 2.24) is 0 Å². The summed E-state index contributed by atoms with van der Waals surface area (Å²) in [7, 11) is 0. The number of furan rings is 1. The zero-order valence-electron chi connectivity index (χ0n) is 33.0. The first kappa shape index (κ1) is 19.4. The van der Waals surface area contributed by atoms with Gasteiger partial charge in [-0.05, 0) is 107 Å². The summed E-state index contributed by atoms with van der Waals surface area (Å²) in [5.41, 5.74) is 5.27. The smallest absolute Gasteiger partial charge is 0.135 e. The van der Waals surface area contributed by atoms with Crippen molar-refractivity contribution in [3.63, 3.8) is 0 Å². The second-order valence-electron chi connectivity index (χ2n) is 11.9. The van der Waals surface area contributed by atoms with Crippen LogP contribution in [0.2, 0.25) is 0 Å². The maximum atomic E-state index is 9.35. The highest BCUT2D eigenvalue weighted by atomic mass is 16.3. The van der Waals surface area contributed by atoms with Crippen molar-refractivity contribution in [2.45, 2.75) is 0 Å². The highest BCUT2D eigenvalue weighted by molar-refractivity contribution is 6.23. The first-order chi connectivity index (χ1) is 26.6. The van der Waals surface area contributed by atoms with Crippen LogP contribution < -0.4 is 0 Å². The van der Waals surface area contributed by atoms with E-state index in [0.717, 1.165) is 43.4 Å². The van der Waals surface area contributed by atoms with Crippen molar-refractivity contribution in [3.05, 3.63) is 170 Å². The third kappa shape index (κ3) is 4.03. The molecule has 0 fully saturated rings. The van der Waals surface area contributed by atoms with Gasteiger partial charge in [-0.25, -0.2) is 0 Å². The number of fused-ring (bicyclic) bond motifs is 8. The maximum absolute atomic E-state index is 9.35. The van der Waals surface area contributed by atoms with Gasteiger partial charge < -0.3 is 4.42 Å². The molecule has 0 aliphatic rings. The predicted octanol–water partition coefficient (Wildman–Crippen LogP) is 13.2. The molecule has 1 aromatic heterocycles. The van der Waals surface area contributed by atoms with Crippen molar-refractivity contribution < 1.29 is 15.4 Å². The number of hydrogen-bond acceptors (Lipinski definition) is 1. The third-order valence-electron chi connectivity index (χ3n) is 9.27. The lowest BCUT2D eigenvalue weighted by molar-refractivity contribution is 0.669. The lowest BCUT2D eigenvalue weighted by atomic mass is 9.85. The highest BCUT2D eigenvalue weighted by Gasteiger charge is 2.18. The van der Waals surface area contributed by atoms with E-state index in [1.807, 2.05) is 72.8 Å². The van der Waals surface area contributed by atoms with Crippen LogP contribution in [0.15, 0.2) is 174 Å². The minimum absolute atomic E-state index is 0.178. The van der Waals surface area contributed by atoms with Gasteiger partial charge in [-0.15, -0.1) is 0 Å². The van der Waals surface area contributed by atoms with Gasteiger partial charge in [0.1, 0.15) is 11.2 Å². The molecule has 0 N–H and O–H groups in total. The summed E-state index contributed by atoms with van der Waals surface area (Å²) >= 11 is 0. The first-order valence-electron chi connectivity index (χ1n) is 19.5. The summed E-state index contributed by atoms with van der Waals surface area (Å²) in [5.74, 6) is 0. The summed E-state index contributed by atoms with van der Waals surface area (Å²) in [6, 6.07) is 36.6. The summed E-state index contributed by atoms with van der Waals surface area (Å²) in [5, 5.41) is 6.32. The van der Waals surface area contributed by atoms with E-state index in [1.165, 1.54) is 0 Å². The van der Waals surface area contributed by atoms with Crippen LogP contribution in [0.4, 0.5) is 0 Å². The van der Waals surface area contributed by atoms with Crippen LogP contribution >= 0.6 is 0 Å². The predicted molar refractivity (Wildman–Crippen MR) is 200 cm³/mol. The monoisotopic (exact) mass is 604 g/mol. The van der Waals surface area contributed by atoms with Gasteiger partial charge in [0, 0.05) is 10.8 Å². The zero-order chi connectivity index (χ0) is 37.9. The van der Waals surface area contributed by atoms with Crippen LogP contribution in [0.5, 0.6) is 0 Å². The second-order valence-corrected chi connectivity index (χ2v) is 11.9. The van der Waals surface area contributed by atoms with Crippen molar-refractivity contribution >= 4 is 65.0 Å². The topological polar surface area (TPSA) is 13.1 Å². The molecule has 0 atom stereocenters. The molecule has 47 heavy (non-hydrogen) atoms. The zero-order valence-corrected chi connectivity index (χ0v) is 25.0. The van der Waals surface area contributed by atoms with Crippen LogP contribution in [0.25, 0.3) is 98.4 Å². The van der Waals surface area contributed by atoms with Crippen LogP contribution in [-0.4, -0.2) is 0 Å². The van der Waals surface area contributed by atoms with Crippen LogP contribution in [0.1, 0.15) is 11.0 Å². The van der Waals surface area contributed by atoms with Gasteiger partial charge in [-0.2, -0.15) is 0 Å². The molecule has 10 aromatic rings. The Labute approximate surface area is 283 Å². The molecule has 1 nitrogen and oxygen atoms in total. The molecule has 0 spiro atoms. The van der Waals surface area contributed by atoms with Gasteiger partial charge >= 0.3 is 0 Å². The van der Waals surface area contributed by atoms with E-state index < -0.39 is 24.2 Å². The molecule has 218 valence electrons. The minimum atomic E-state index is -0.431. The Bertz CT molecular complexity index is 3220. The third-order valence-corrected chi connectivity index (χ3v) is 9.27. The average molecular weight is 605 g/mol. The largest absolute Gasteiger partial charge is 0.456 e. The van der Waals surface area contributed by atoms with Gasteiger partial charge in [-0.3, -0.25) is 0 Å². The van der Waals surface area contributed by atoms with E-state index in [1.54, 1.807) is 12.1 Å². The van der Waals surface area contributed by atoms with E-state index in [-0.39, 0.29) is 45.7 Å². The fourth-order valence-electron chi connectivity index (χ4n) is 7.12. The Hall–Kier alpha value is -6.18. The standard InChI is InChI=1S/C46H28O/c1-2-10-29(11-3-1)30-20-23-35-31(26-30)18-19-32-27-33(21-24-36(32)35)45-38-13-4-6-15-40(38)46(41-16-7-5-14-39(41)45)34-22-25-44-42(28-34)37-12-8-9-17-43(37)47-44/h1-28H/i4D,5D,6D,7D,13D,14D,15D,16D. The Morgan fingerprint density at radius 1 is 0.340 bits per heavy atom. The molecule has 0 aliphatic heterocycles. The molecule has 10 rings (SSSR count). The quantitative estimate of drug-likeness (QED) is 0.144. The molecular weight excluding hydrogens is 569 g/mol. The van der Waals surface area contributed by atoms with Gasteiger partial charge in [0.05, 0.1) is 11.0 Å². The van der Waals surface area contributed by atoms with E-state index in [4.69, 9.17) is 9.90 Å². The van der Waals surface area contributed by atoms with Crippen molar-refractivity contribution in [3.8, 4) is 33.4 Å². The number of rotatable bonds is 3. The van der Waals surface area contributed by atoms with E-state index in [2.05, 4.69) is 36.4 Å². The molecule has 1 heteroatoms. The molecule has 1 heterocycles. The fraction of sp³-hybridized carbons (Fsp3) is 0. The average Bonchev–Trinajstić information content (AvgIpc) is 3.60. The summed E-state index contributed by atoms with van der Waals surface area (Å²) in [4.78, 5) is 0. The lowest BCUT2D eigenvalue weighted by Crippen LogP contribution is -1.91. The van der Waals surface area contributed by atoms with E-state index in [0.29, 0.717) is 33.4 Å². The molecule has 0 saturated heterocycles. The van der Waals surface area contributed by atoms with Crippen molar-refractivity contribution in [1.29, 1.82) is 0 Å². The normalized spacial score (nSPS) is 14.2. The molecule has 9 aromatic carbocycles. The van der Waals surface area contributed by atoms with Crippen LogP contribution in [0, 0.1) is 0 Å².